The van der Waals surface area contributed by atoms with Gasteiger partial charge >= 0.3 is 0 Å². The van der Waals surface area contributed by atoms with Crippen LogP contribution in [-0.2, 0) is 29.0 Å². The number of para-hydroxylation sites is 1. The number of nitrogens with zero attached hydrogens (tertiary/aromatic N) is 2. The number of fused-ring (bicyclic) bond motifs is 2. The first-order chi connectivity index (χ1) is 16.9. The molecule has 4 rings (SSSR count). The van der Waals surface area contributed by atoms with E-state index in [1.807, 2.05) is 24.3 Å². The highest BCUT2D eigenvalue weighted by Gasteiger charge is 2.21. The summed E-state index contributed by atoms with van der Waals surface area (Å²) < 4.78 is 13.0. The van der Waals surface area contributed by atoms with E-state index in [0.29, 0.717) is 24.0 Å². The van der Waals surface area contributed by atoms with Crippen LogP contribution in [0.4, 0.5) is 0 Å². The lowest BCUT2D eigenvalue weighted by Crippen LogP contribution is -2.38. The molecule has 1 aliphatic rings. The van der Waals surface area contributed by atoms with Crippen LogP contribution < -0.4 is 14.8 Å². The SMILES string of the molecule is COc1cc2c(cc1OC)CC(=O)N(CC(=O)NCCc1cn(CC(C)C)c3ccccc13)C=C2. The molecule has 0 aliphatic carbocycles. The third kappa shape index (κ3) is 5.50. The predicted molar refractivity (Wildman–Crippen MR) is 137 cm³/mol. The smallest absolute Gasteiger partial charge is 0.240 e. The van der Waals surface area contributed by atoms with Crippen molar-refractivity contribution in [3.8, 4) is 11.5 Å². The zero-order valence-electron chi connectivity index (χ0n) is 20.8. The van der Waals surface area contributed by atoms with Gasteiger partial charge in [-0.2, -0.15) is 0 Å². The summed E-state index contributed by atoms with van der Waals surface area (Å²) in [6, 6.07) is 12.0. The number of amides is 2. The summed E-state index contributed by atoms with van der Waals surface area (Å²) in [6.45, 7) is 5.86. The van der Waals surface area contributed by atoms with Gasteiger partial charge in [0, 0.05) is 36.4 Å². The molecule has 0 unspecified atom stereocenters. The molecule has 7 nitrogen and oxygen atoms in total. The van der Waals surface area contributed by atoms with Gasteiger partial charge in [0.25, 0.3) is 0 Å². The molecule has 7 heteroatoms. The lowest BCUT2D eigenvalue weighted by molar-refractivity contribution is -0.132. The van der Waals surface area contributed by atoms with Gasteiger partial charge in [-0.1, -0.05) is 32.0 Å². The van der Waals surface area contributed by atoms with Crippen molar-refractivity contribution >= 4 is 28.8 Å². The van der Waals surface area contributed by atoms with Crippen molar-refractivity contribution in [2.45, 2.75) is 33.2 Å². The molecule has 0 saturated heterocycles. The molecule has 35 heavy (non-hydrogen) atoms. The van der Waals surface area contributed by atoms with Gasteiger partial charge in [0.1, 0.15) is 6.54 Å². The fourth-order valence-corrected chi connectivity index (χ4v) is 4.52. The fourth-order valence-electron chi connectivity index (χ4n) is 4.52. The minimum absolute atomic E-state index is 0.0211. The van der Waals surface area contributed by atoms with Gasteiger partial charge in [-0.3, -0.25) is 9.59 Å². The Kier molecular flexibility index (Phi) is 7.44. The van der Waals surface area contributed by atoms with Gasteiger partial charge in [0.05, 0.1) is 20.6 Å². The summed E-state index contributed by atoms with van der Waals surface area (Å²) in [5, 5.41) is 4.19. The number of carbonyl (C=O) groups is 2. The minimum Gasteiger partial charge on any atom is -0.493 e. The van der Waals surface area contributed by atoms with Gasteiger partial charge in [-0.25, -0.2) is 0 Å². The standard InChI is InChI=1S/C28H33N3O4/c1-19(2)16-31-17-21(23-7-5-6-8-24(23)31)9-11-29-27(32)18-30-12-10-20-13-25(34-3)26(35-4)14-22(20)15-28(30)33/h5-8,10,12-14,17,19H,9,11,15-16,18H2,1-4H3,(H,29,32). The molecule has 184 valence electrons. The van der Waals surface area contributed by atoms with Crippen LogP contribution in [0.25, 0.3) is 17.0 Å². The van der Waals surface area contributed by atoms with E-state index in [1.54, 1.807) is 20.4 Å². The molecule has 1 aliphatic heterocycles. The average Bonchev–Trinajstić information content (AvgIpc) is 3.10. The highest BCUT2D eigenvalue weighted by atomic mass is 16.5. The second-order valence-corrected chi connectivity index (χ2v) is 9.24. The average molecular weight is 476 g/mol. The maximum Gasteiger partial charge on any atom is 0.240 e. The first kappa shape index (κ1) is 24.4. The number of nitrogens with one attached hydrogen (secondary N) is 1. The molecule has 1 aromatic heterocycles. The third-order valence-electron chi connectivity index (χ3n) is 6.20. The van der Waals surface area contributed by atoms with E-state index in [1.165, 1.54) is 21.4 Å². The molecule has 2 heterocycles. The largest absolute Gasteiger partial charge is 0.493 e. The second kappa shape index (κ2) is 10.7. The first-order valence-corrected chi connectivity index (χ1v) is 12.0. The number of carbonyl (C=O) groups excluding carboxylic acids is 2. The number of benzene rings is 2. The molecule has 3 aromatic rings. The van der Waals surface area contributed by atoms with Crippen molar-refractivity contribution in [2.24, 2.45) is 5.92 Å². The van der Waals surface area contributed by atoms with Crippen LogP contribution in [0, 0.1) is 5.92 Å². The molecule has 0 saturated carbocycles. The van der Waals surface area contributed by atoms with E-state index < -0.39 is 0 Å². The van der Waals surface area contributed by atoms with E-state index >= 15 is 0 Å². The zero-order valence-corrected chi connectivity index (χ0v) is 20.8. The van der Waals surface area contributed by atoms with Gasteiger partial charge in [0.2, 0.25) is 11.8 Å². The Morgan fingerprint density at radius 1 is 1.11 bits per heavy atom. The highest BCUT2D eigenvalue weighted by molar-refractivity contribution is 5.89. The Labute approximate surface area is 206 Å². The lowest BCUT2D eigenvalue weighted by atomic mass is 10.0. The molecule has 1 N–H and O–H groups in total. The Balaban J connectivity index is 1.37. The Morgan fingerprint density at radius 3 is 2.60 bits per heavy atom. The maximum absolute atomic E-state index is 12.8. The van der Waals surface area contributed by atoms with Crippen LogP contribution in [0.1, 0.15) is 30.5 Å². The van der Waals surface area contributed by atoms with Gasteiger partial charge < -0.3 is 24.3 Å². The van der Waals surface area contributed by atoms with Crippen molar-refractivity contribution < 1.29 is 19.1 Å². The van der Waals surface area contributed by atoms with E-state index in [2.05, 4.69) is 48.1 Å². The van der Waals surface area contributed by atoms with Crippen LogP contribution in [0.15, 0.2) is 48.8 Å². The van der Waals surface area contributed by atoms with Crippen molar-refractivity contribution in [3.05, 3.63) is 65.5 Å². The summed E-state index contributed by atoms with van der Waals surface area (Å²) in [6.07, 6.45) is 6.60. The molecule has 2 aromatic carbocycles. The predicted octanol–water partition coefficient (Wildman–Crippen LogP) is 4.03. The molecular weight excluding hydrogens is 442 g/mol. The van der Waals surface area contributed by atoms with Crippen molar-refractivity contribution in [1.29, 1.82) is 0 Å². The third-order valence-corrected chi connectivity index (χ3v) is 6.20. The molecule has 2 amide bonds. The summed E-state index contributed by atoms with van der Waals surface area (Å²) in [5.74, 6) is 1.40. The van der Waals surface area contributed by atoms with E-state index in [0.717, 1.165) is 24.1 Å². The zero-order chi connectivity index (χ0) is 24.9. The van der Waals surface area contributed by atoms with Crippen LogP contribution >= 0.6 is 0 Å². The normalized spacial score (nSPS) is 13.2. The molecule has 0 atom stereocenters. The number of ether oxygens (including phenoxy) is 2. The molecule has 0 bridgehead atoms. The van der Waals surface area contributed by atoms with Crippen molar-refractivity contribution in [2.75, 3.05) is 27.3 Å². The minimum atomic E-state index is -0.185. The number of rotatable bonds is 9. The maximum atomic E-state index is 12.8. The monoisotopic (exact) mass is 475 g/mol. The molecule has 0 fully saturated rings. The second-order valence-electron chi connectivity index (χ2n) is 9.24. The summed E-state index contributed by atoms with van der Waals surface area (Å²) in [5.41, 5.74) is 4.14. The summed E-state index contributed by atoms with van der Waals surface area (Å²) >= 11 is 0. The van der Waals surface area contributed by atoms with Gasteiger partial charge in [-0.15, -0.1) is 0 Å². The van der Waals surface area contributed by atoms with E-state index in [9.17, 15) is 9.59 Å². The number of hydrogen-bond donors (Lipinski definition) is 1. The number of aromatic nitrogens is 1. The highest BCUT2D eigenvalue weighted by Crippen LogP contribution is 2.32. The van der Waals surface area contributed by atoms with Gasteiger partial charge in [-0.05, 0) is 53.3 Å². The summed E-state index contributed by atoms with van der Waals surface area (Å²) in [4.78, 5) is 26.9. The first-order valence-electron chi connectivity index (χ1n) is 12.0. The topological polar surface area (TPSA) is 72.8 Å². The number of hydrogen-bond acceptors (Lipinski definition) is 4. The quantitative estimate of drug-likeness (QED) is 0.507. The fraction of sp³-hybridized carbons (Fsp3) is 0.357. The van der Waals surface area contributed by atoms with Crippen LogP contribution in [0.5, 0.6) is 11.5 Å². The molecular formula is C28H33N3O4. The van der Waals surface area contributed by atoms with Gasteiger partial charge in [0.15, 0.2) is 11.5 Å². The molecule has 0 radical (unpaired) electrons. The van der Waals surface area contributed by atoms with Crippen LogP contribution in [-0.4, -0.2) is 48.6 Å². The van der Waals surface area contributed by atoms with Crippen LogP contribution in [0.3, 0.4) is 0 Å². The van der Waals surface area contributed by atoms with E-state index in [4.69, 9.17) is 9.47 Å². The van der Waals surface area contributed by atoms with E-state index in [-0.39, 0.29) is 24.8 Å². The Bertz CT molecular complexity index is 1260. The summed E-state index contributed by atoms with van der Waals surface area (Å²) in [7, 11) is 3.14. The lowest BCUT2D eigenvalue weighted by Gasteiger charge is -2.17. The number of methoxy groups -OCH3 is 2. The van der Waals surface area contributed by atoms with Crippen molar-refractivity contribution in [3.63, 3.8) is 0 Å². The van der Waals surface area contributed by atoms with Crippen LogP contribution in [0.2, 0.25) is 0 Å². The Hall–Kier alpha value is -3.74. The van der Waals surface area contributed by atoms with Crippen molar-refractivity contribution in [1.82, 2.24) is 14.8 Å². The molecule has 0 spiro atoms. The Morgan fingerprint density at radius 2 is 1.86 bits per heavy atom.